The van der Waals surface area contributed by atoms with Crippen molar-refractivity contribution in [3.8, 4) is 16.9 Å². The molecule has 0 saturated heterocycles. The molecule has 0 amide bonds. The summed E-state index contributed by atoms with van der Waals surface area (Å²) in [5, 5.41) is 0. The lowest BCUT2D eigenvalue weighted by Crippen LogP contribution is -2.18. The first-order valence-electron chi connectivity index (χ1n) is 7.26. The quantitative estimate of drug-likeness (QED) is 0.524. The lowest BCUT2D eigenvalue weighted by atomic mass is 9.96. The highest BCUT2D eigenvalue weighted by Gasteiger charge is 2.36. The summed E-state index contributed by atoms with van der Waals surface area (Å²) in [6, 6.07) is 6.73. The fraction of sp³-hybridized carbons (Fsp3) is 0.235. The van der Waals surface area contributed by atoms with Gasteiger partial charge in [-0.15, -0.1) is 13.2 Å². The van der Waals surface area contributed by atoms with Crippen molar-refractivity contribution in [3.05, 3.63) is 53.6 Å². The number of alkyl halides is 6. The van der Waals surface area contributed by atoms with Gasteiger partial charge in [-0.05, 0) is 36.8 Å². The van der Waals surface area contributed by atoms with Crippen LogP contribution < -0.4 is 4.74 Å². The number of ether oxygens (including phenoxy) is 2. The molecule has 0 heterocycles. The van der Waals surface area contributed by atoms with Crippen LogP contribution in [-0.2, 0) is 10.9 Å². The van der Waals surface area contributed by atoms with Crippen LogP contribution in [0.15, 0.2) is 42.5 Å². The number of esters is 1. The molecule has 0 unspecified atom stereocenters. The molecule has 0 aliphatic heterocycles. The maximum Gasteiger partial charge on any atom is 0.573 e. The third-order valence-corrected chi connectivity index (χ3v) is 3.24. The lowest BCUT2D eigenvalue weighted by molar-refractivity contribution is -0.274. The van der Waals surface area contributed by atoms with Crippen molar-refractivity contribution in [2.75, 3.05) is 6.61 Å². The molecule has 2 aromatic carbocycles. The van der Waals surface area contributed by atoms with E-state index in [2.05, 4.69) is 4.74 Å². The summed E-state index contributed by atoms with van der Waals surface area (Å²) in [6.45, 7) is 1.50. The highest BCUT2D eigenvalue weighted by Crippen LogP contribution is 2.42. The summed E-state index contributed by atoms with van der Waals surface area (Å²) >= 11 is 0. The van der Waals surface area contributed by atoms with E-state index in [-0.39, 0.29) is 12.2 Å². The van der Waals surface area contributed by atoms with Gasteiger partial charge in [0.05, 0.1) is 17.7 Å². The van der Waals surface area contributed by atoms with Crippen LogP contribution in [0.5, 0.6) is 5.75 Å². The number of para-hydroxylation sites is 1. The number of rotatable bonds is 4. The zero-order valence-corrected chi connectivity index (χ0v) is 13.2. The van der Waals surface area contributed by atoms with Crippen LogP contribution in [0.3, 0.4) is 0 Å². The Kier molecular flexibility index (Phi) is 5.48. The Balaban J connectivity index is 2.67. The van der Waals surface area contributed by atoms with Crippen LogP contribution in [0.1, 0.15) is 22.8 Å². The molecule has 9 heteroatoms. The van der Waals surface area contributed by atoms with Crippen molar-refractivity contribution in [2.45, 2.75) is 19.5 Å². The van der Waals surface area contributed by atoms with Gasteiger partial charge in [0.2, 0.25) is 0 Å². The fourth-order valence-electron chi connectivity index (χ4n) is 2.26. The lowest BCUT2D eigenvalue weighted by Gasteiger charge is -2.18. The third kappa shape index (κ3) is 4.68. The molecule has 140 valence electrons. The Hall–Kier alpha value is -2.71. The van der Waals surface area contributed by atoms with Crippen molar-refractivity contribution in [1.82, 2.24) is 0 Å². The summed E-state index contributed by atoms with van der Waals surface area (Å²) in [7, 11) is 0. The molecular formula is C17H12F6O3. The van der Waals surface area contributed by atoms with Crippen molar-refractivity contribution in [2.24, 2.45) is 0 Å². The third-order valence-electron chi connectivity index (χ3n) is 3.24. The predicted octanol–water partition coefficient (Wildman–Crippen LogP) is 5.45. The van der Waals surface area contributed by atoms with Gasteiger partial charge in [0.25, 0.3) is 0 Å². The molecule has 2 rings (SSSR count). The van der Waals surface area contributed by atoms with Crippen molar-refractivity contribution in [3.63, 3.8) is 0 Å². The molecule has 0 spiro atoms. The van der Waals surface area contributed by atoms with E-state index >= 15 is 0 Å². The number of hydrogen-bond donors (Lipinski definition) is 0. The average molecular weight is 378 g/mol. The minimum atomic E-state index is -5.09. The number of benzene rings is 2. The monoisotopic (exact) mass is 378 g/mol. The molecule has 0 bridgehead atoms. The van der Waals surface area contributed by atoms with Crippen molar-refractivity contribution in [1.29, 1.82) is 0 Å². The normalized spacial score (nSPS) is 12.0. The van der Waals surface area contributed by atoms with Crippen LogP contribution in [0, 0.1) is 0 Å². The Bertz CT molecular complexity index is 796. The first-order valence-corrected chi connectivity index (χ1v) is 7.26. The Morgan fingerprint density at radius 2 is 1.62 bits per heavy atom. The minimum Gasteiger partial charge on any atom is -0.462 e. The molecule has 0 saturated carbocycles. The van der Waals surface area contributed by atoms with Gasteiger partial charge in [-0.2, -0.15) is 13.2 Å². The number of hydrogen-bond acceptors (Lipinski definition) is 3. The summed E-state index contributed by atoms with van der Waals surface area (Å²) in [5.41, 5.74) is -2.51. The molecule has 0 radical (unpaired) electrons. The standard InChI is InChI=1S/C17H12F6O3/c1-2-25-15(24)10-7-8-13(16(18,19)20)12(9-10)11-5-3-4-6-14(11)26-17(21,22)23/h3-9H,2H2,1H3. The first-order chi connectivity index (χ1) is 12.0. The molecule has 0 atom stereocenters. The number of carbonyl (C=O) groups excluding carboxylic acids is 1. The summed E-state index contributed by atoms with van der Waals surface area (Å²) in [5.74, 6) is -1.71. The van der Waals surface area contributed by atoms with Crippen molar-refractivity contribution < 1.29 is 40.6 Å². The first kappa shape index (κ1) is 19.6. The van der Waals surface area contributed by atoms with E-state index < -0.39 is 40.9 Å². The van der Waals surface area contributed by atoms with E-state index in [1.165, 1.54) is 19.1 Å². The molecule has 0 aliphatic rings. The van der Waals surface area contributed by atoms with Crippen LogP contribution in [0.25, 0.3) is 11.1 Å². The zero-order chi connectivity index (χ0) is 19.5. The molecule has 3 nitrogen and oxygen atoms in total. The van der Waals surface area contributed by atoms with E-state index in [1.807, 2.05) is 0 Å². The van der Waals surface area contributed by atoms with E-state index in [9.17, 15) is 31.1 Å². The van der Waals surface area contributed by atoms with Gasteiger partial charge in [0.1, 0.15) is 5.75 Å². The predicted molar refractivity (Wildman–Crippen MR) is 79.5 cm³/mol. The SMILES string of the molecule is CCOC(=O)c1ccc(C(F)(F)F)c(-c2ccccc2OC(F)(F)F)c1. The smallest absolute Gasteiger partial charge is 0.462 e. The second-order valence-electron chi connectivity index (χ2n) is 5.02. The summed E-state index contributed by atoms with van der Waals surface area (Å²) in [4.78, 5) is 11.8. The van der Waals surface area contributed by atoms with Gasteiger partial charge >= 0.3 is 18.5 Å². The Morgan fingerprint density at radius 1 is 0.962 bits per heavy atom. The Morgan fingerprint density at radius 3 is 2.19 bits per heavy atom. The molecule has 0 N–H and O–H groups in total. The van der Waals surface area contributed by atoms with E-state index in [1.54, 1.807) is 0 Å². The second kappa shape index (κ2) is 7.27. The second-order valence-corrected chi connectivity index (χ2v) is 5.02. The van der Waals surface area contributed by atoms with Gasteiger partial charge in [0, 0.05) is 5.56 Å². The average Bonchev–Trinajstić information content (AvgIpc) is 2.52. The molecular weight excluding hydrogens is 366 g/mol. The van der Waals surface area contributed by atoms with Gasteiger partial charge < -0.3 is 9.47 Å². The number of carbonyl (C=O) groups is 1. The van der Waals surface area contributed by atoms with E-state index in [0.29, 0.717) is 6.07 Å². The summed E-state index contributed by atoms with van der Waals surface area (Å²) < 4.78 is 86.1. The van der Waals surface area contributed by atoms with Gasteiger partial charge in [-0.25, -0.2) is 4.79 Å². The van der Waals surface area contributed by atoms with Crippen LogP contribution in [-0.4, -0.2) is 18.9 Å². The van der Waals surface area contributed by atoms with Crippen LogP contribution >= 0.6 is 0 Å². The molecule has 0 aromatic heterocycles. The maximum absolute atomic E-state index is 13.3. The van der Waals surface area contributed by atoms with E-state index in [4.69, 9.17) is 4.74 Å². The van der Waals surface area contributed by atoms with Gasteiger partial charge in [-0.3, -0.25) is 0 Å². The largest absolute Gasteiger partial charge is 0.573 e. The highest BCUT2D eigenvalue weighted by molar-refractivity contribution is 5.92. The molecule has 26 heavy (non-hydrogen) atoms. The molecule has 2 aromatic rings. The van der Waals surface area contributed by atoms with Gasteiger partial charge in [0.15, 0.2) is 0 Å². The van der Waals surface area contributed by atoms with E-state index in [0.717, 1.165) is 24.3 Å². The molecule has 0 aliphatic carbocycles. The zero-order valence-electron chi connectivity index (χ0n) is 13.2. The number of halogens is 6. The molecule has 0 fully saturated rings. The van der Waals surface area contributed by atoms with Crippen molar-refractivity contribution >= 4 is 5.97 Å². The van der Waals surface area contributed by atoms with Crippen LogP contribution in [0.4, 0.5) is 26.3 Å². The fourth-order valence-corrected chi connectivity index (χ4v) is 2.26. The maximum atomic E-state index is 13.3. The van der Waals surface area contributed by atoms with Gasteiger partial charge in [-0.1, -0.05) is 18.2 Å². The Labute approximate surface area is 144 Å². The highest BCUT2D eigenvalue weighted by atomic mass is 19.4. The topological polar surface area (TPSA) is 35.5 Å². The van der Waals surface area contributed by atoms with Crippen LogP contribution in [0.2, 0.25) is 0 Å². The summed E-state index contributed by atoms with van der Waals surface area (Å²) in [6.07, 6.45) is -9.94. The minimum absolute atomic E-state index is 0.0110.